The van der Waals surface area contributed by atoms with E-state index in [9.17, 15) is 4.39 Å². The lowest BCUT2D eigenvalue weighted by atomic mass is 10.0. The first-order valence-corrected chi connectivity index (χ1v) is 10.4. The minimum Gasteiger partial charge on any atom is -0.488 e. The van der Waals surface area contributed by atoms with E-state index in [1.54, 1.807) is 24.3 Å². The highest BCUT2D eigenvalue weighted by molar-refractivity contribution is 6.35. The summed E-state index contributed by atoms with van der Waals surface area (Å²) in [6, 6.07) is 21.9. The van der Waals surface area contributed by atoms with Gasteiger partial charge in [-0.2, -0.15) is 0 Å². The Hall–Kier alpha value is -2.46. The van der Waals surface area contributed by atoms with E-state index in [0.29, 0.717) is 23.2 Å². The van der Waals surface area contributed by atoms with Gasteiger partial charge in [-0.25, -0.2) is 4.39 Å². The average Bonchev–Trinajstić information content (AvgIpc) is 2.74. The van der Waals surface area contributed by atoms with Crippen LogP contribution >= 0.6 is 34.8 Å². The summed E-state index contributed by atoms with van der Waals surface area (Å²) in [5.41, 5.74) is 2.55. The van der Waals surface area contributed by atoms with Crippen molar-refractivity contribution in [2.24, 2.45) is 0 Å². The number of fused-ring (bicyclic) bond motifs is 1. The van der Waals surface area contributed by atoms with Gasteiger partial charge in [-0.1, -0.05) is 71.2 Å². The van der Waals surface area contributed by atoms with E-state index in [4.69, 9.17) is 39.5 Å². The zero-order chi connectivity index (χ0) is 21.1. The van der Waals surface area contributed by atoms with Crippen LogP contribution in [0.2, 0.25) is 15.1 Å². The molecule has 152 valence electrons. The van der Waals surface area contributed by atoms with Crippen LogP contribution < -0.4 is 10.1 Å². The number of nitrogens with one attached hydrogen (secondary N) is 1. The first kappa shape index (κ1) is 20.8. The summed E-state index contributed by atoms with van der Waals surface area (Å²) < 4.78 is 19.6. The number of ether oxygens (including phenoxy) is 1. The summed E-state index contributed by atoms with van der Waals surface area (Å²) in [7, 11) is 0. The third-order valence-electron chi connectivity index (χ3n) is 4.78. The fourth-order valence-electron chi connectivity index (χ4n) is 3.22. The molecule has 0 amide bonds. The Morgan fingerprint density at radius 2 is 1.67 bits per heavy atom. The van der Waals surface area contributed by atoms with E-state index in [1.807, 2.05) is 42.5 Å². The molecule has 0 atom stereocenters. The Morgan fingerprint density at radius 3 is 2.47 bits per heavy atom. The highest BCUT2D eigenvalue weighted by Gasteiger charge is 2.11. The van der Waals surface area contributed by atoms with Crippen molar-refractivity contribution in [2.75, 3.05) is 5.32 Å². The van der Waals surface area contributed by atoms with Gasteiger partial charge < -0.3 is 10.1 Å². The molecule has 0 radical (unpaired) electrons. The van der Waals surface area contributed by atoms with Gasteiger partial charge in [0.05, 0.1) is 5.02 Å². The third-order valence-corrected chi connectivity index (χ3v) is 5.66. The Morgan fingerprint density at radius 1 is 0.833 bits per heavy atom. The fraction of sp³-hybridized carbons (Fsp3) is 0.0833. The number of rotatable bonds is 6. The van der Waals surface area contributed by atoms with Crippen molar-refractivity contribution >= 4 is 51.3 Å². The normalized spacial score (nSPS) is 10.9. The topological polar surface area (TPSA) is 21.3 Å². The summed E-state index contributed by atoms with van der Waals surface area (Å²) >= 11 is 18.2. The molecule has 0 aliphatic heterocycles. The lowest BCUT2D eigenvalue weighted by Gasteiger charge is -2.16. The van der Waals surface area contributed by atoms with Gasteiger partial charge >= 0.3 is 0 Å². The maximum absolute atomic E-state index is 13.5. The summed E-state index contributed by atoms with van der Waals surface area (Å²) in [5, 5.41) is 6.69. The number of benzene rings is 4. The van der Waals surface area contributed by atoms with Gasteiger partial charge in [0.1, 0.15) is 18.2 Å². The van der Waals surface area contributed by atoms with Crippen LogP contribution in [0.15, 0.2) is 72.8 Å². The molecule has 0 fully saturated rings. The van der Waals surface area contributed by atoms with Crippen LogP contribution in [0.4, 0.5) is 10.1 Å². The van der Waals surface area contributed by atoms with Gasteiger partial charge in [0.2, 0.25) is 0 Å². The van der Waals surface area contributed by atoms with E-state index in [1.165, 1.54) is 6.07 Å². The van der Waals surface area contributed by atoms with Crippen molar-refractivity contribution in [1.29, 1.82) is 0 Å². The van der Waals surface area contributed by atoms with Gasteiger partial charge in [0.25, 0.3) is 0 Å². The van der Waals surface area contributed by atoms with Crippen LogP contribution in [0, 0.1) is 5.82 Å². The van der Waals surface area contributed by atoms with E-state index in [2.05, 4.69) is 5.32 Å². The Balaban J connectivity index is 1.62. The number of hydrogen-bond acceptors (Lipinski definition) is 2. The van der Waals surface area contributed by atoms with Crippen LogP contribution in [0.1, 0.15) is 11.1 Å². The molecule has 0 aromatic heterocycles. The van der Waals surface area contributed by atoms with Gasteiger partial charge in [0.15, 0.2) is 0 Å². The van der Waals surface area contributed by atoms with Crippen molar-refractivity contribution < 1.29 is 9.13 Å². The van der Waals surface area contributed by atoms with E-state index in [0.717, 1.165) is 33.3 Å². The highest BCUT2D eigenvalue weighted by Crippen LogP contribution is 2.31. The highest BCUT2D eigenvalue weighted by atomic mass is 35.5. The Kier molecular flexibility index (Phi) is 6.33. The summed E-state index contributed by atoms with van der Waals surface area (Å²) in [5.74, 6) is 0.289. The molecule has 2 nitrogen and oxygen atoms in total. The average molecular weight is 461 g/mol. The van der Waals surface area contributed by atoms with Gasteiger partial charge in [-0.3, -0.25) is 0 Å². The van der Waals surface area contributed by atoms with Gasteiger partial charge in [-0.15, -0.1) is 0 Å². The van der Waals surface area contributed by atoms with Crippen molar-refractivity contribution in [3.8, 4) is 5.75 Å². The molecule has 0 spiro atoms. The minimum atomic E-state index is -0.448. The van der Waals surface area contributed by atoms with Crippen LogP contribution in [0.5, 0.6) is 5.75 Å². The summed E-state index contributed by atoms with van der Waals surface area (Å²) in [6.45, 7) is 0.788. The first-order valence-electron chi connectivity index (χ1n) is 9.27. The Bertz CT molecular complexity index is 1210. The molecule has 0 aliphatic carbocycles. The quantitative estimate of drug-likeness (QED) is 0.313. The second kappa shape index (κ2) is 9.13. The van der Waals surface area contributed by atoms with Crippen molar-refractivity contribution in [1.82, 2.24) is 0 Å². The van der Waals surface area contributed by atoms with E-state index >= 15 is 0 Å². The SMILES string of the molecule is Fc1ccc(NCc2c(OCc3ccc(Cl)cc3Cl)ccc3ccccc23)cc1Cl. The van der Waals surface area contributed by atoms with Crippen molar-refractivity contribution in [3.63, 3.8) is 0 Å². The van der Waals surface area contributed by atoms with Crippen LogP contribution in [-0.2, 0) is 13.2 Å². The number of hydrogen-bond donors (Lipinski definition) is 1. The molecule has 0 saturated carbocycles. The monoisotopic (exact) mass is 459 g/mol. The predicted molar refractivity (Wildman–Crippen MR) is 123 cm³/mol. The molecule has 1 N–H and O–H groups in total. The zero-order valence-electron chi connectivity index (χ0n) is 15.8. The lowest BCUT2D eigenvalue weighted by molar-refractivity contribution is 0.304. The molecule has 0 saturated heterocycles. The largest absolute Gasteiger partial charge is 0.488 e. The maximum Gasteiger partial charge on any atom is 0.141 e. The molecule has 6 heteroatoms. The Labute approximate surface area is 189 Å². The van der Waals surface area contributed by atoms with Crippen LogP contribution in [0.25, 0.3) is 10.8 Å². The standard InChI is InChI=1S/C24H17Cl3FNO/c25-17-7-5-16(21(26)11-17)14-30-24-10-6-15-3-1-2-4-19(15)20(24)13-29-18-8-9-23(28)22(27)12-18/h1-12,29H,13-14H2. The molecule has 0 heterocycles. The van der Waals surface area contributed by atoms with Crippen LogP contribution in [0.3, 0.4) is 0 Å². The molecule has 0 unspecified atom stereocenters. The van der Waals surface area contributed by atoms with Crippen LogP contribution in [-0.4, -0.2) is 0 Å². The second-order valence-electron chi connectivity index (χ2n) is 6.77. The zero-order valence-corrected chi connectivity index (χ0v) is 18.0. The van der Waals surface area contributed by atoms with E-state index in [-0.39, 0.29) is 5.02 Å². The molecule has 4 aromatic carbocycles. The first-order chi connectivity index (χ1) is 14.5. The smallest absolute Gasteiger partial charge is 0.141 e. The maximum atomic E-state index is 13.5. The molecule has 0 bridgehead atoms. The minimum absolute atomic E-state index is 0.0757. The molecule has 0 aliphatic rings. The number of halogens is 4. The molecular weight excluding hydrogens is 444 g/mol. The number of anilines is 1. The van der Waals surface area contributed by atoms with Gasteiger partial charge in [0, 0.05) is 33.4 Å². The fourth-order valence-corrected chi connectivity index (χ4v) is 3.87. The summed E-state index contributed by atoms with van der Waals surface area (Å²) in [4.78, 5) is 0. The molecule has 4 rings (SSSR count). The summed E-state index contributed by atoms with van der Waals surface area (Å²) in [6.07, 6.45) is 0. The predicted octanol–water partition coefficient (Wildman–Crippen LogP) is 8.13. The third kappa shape index (κ3) is 4.65. The lowest BCUT2D eigenvalue weighted by Crippen LogP contribution is -2.05. The van der Waals surface area contributed by atoms with Crippen molar-refractivity contribution in [2.45, 2.75) is 13.2 Å². The molecule has 4 aromatic rings. The molecular formula is C24H17Cl3FNO. The van der Waals surface area contributed by atoms with Crippen molar-refractivity contribution in [3.05, 3.63) is 105 Å². The second-order valence-corrected chi connectivity index (χ2v) is 8.02. The molecule has 30 heavy (non-hydrogen) atoms. The van der Waals surface area contributed by atoms with E-state index < -0.39 is 5.82 Å². The van der Waals surface area contributed by atoms with Gasteiger partial charge in [-0.05, 0) is 47.2 Å².